The molecule has 0 saturated heterocycles. The van der Waals surface area contributed by atoms with Crippen LogP contribution in [0.2, 0.25) is 0 Å². The van der Waals surface area contributed by atoms with E-state index in [1.165, 1.54) is 18.2 Å². The van der Waals surface area contributed by atoms with E-state index in [9.17, 15) is 13.2 Å². The fourth-order valence-electron chi connectivity index (χ4n) is 0.883. The summed E-state index contributed by atoms with van der Waals surface area (Å²) in [5.74, 6) is -0.807. The monoisotopic (exact) mass is 222 g/mol. The highest BCUT2D eigenvalue weighted by molar-refractivity contribution is 7.99. The van der Waals surface area contributed by atoms with Gasteiger partial charge < -0.3 is 5.11 Å². The largest absolute Gasteiger partial charge is 0.508 e. The standard InChI is InChI=1S/C9H9F3OS/c1-6-4-7(2-3-8(6)13)14-5-9(10,11)12/h2-4,13H,5H2,1H3. The van der Waals surface area contributed by atoms with Gasteiger partial charge in [-0.1, -0.05) is 0 Å². The van der Waals surface area contributed by atoms with E-state index >= 15 is 0 Å². The Bertz CT molecular complexity index is 322. The van der Waals surface area contributed by atoms with E-state index in [-0.39, 0.29) is 5.75 Å². The molecule has 1 N–H and O–H groups in total. The Morgan fingerprint density at radius 3 is 2.50 bits per heavy atom. The molecule has 5 heteroatoms. The van der Waals surface area contributed by atoms with E-state index in [4.69, 9.17) is 5.11 Å². The number of hydrogen-bond donors (Lipinski definition) is 1. The Morgan fingerprint density at radius 2 is 2.00 bits per heavy atom. The van der Waals surface area contributed by atoms with Crippen molar-refractivity contribution < 1.29 is 18.3 Å². The molecule has 0 aliphatic heterocycles. The first kappa shape index (κ1) is 11.2. The molecular formula is C9H9F3OS. The number of phenols is 1. The number of aryl methyl sites for hydroxylation is 1. The van der Waals surface area contributed by atoms with Crippen LogP contribution in [0.5, 0.6) is 5.75 Å². The van der Waals surface area contributed by atoms with Gasteiger partial charge in [-0.25, -0.2) is 0 Å². The average molecular weight is 222 g/mol. The molecule has 0 heterocycles. The zero-order chi connectivity index (χ0) is 10.8. The smallest absolute Gasteiger partial charge is 0.398 e. The summed E-state index contributed by atoms with van der Waals surface area (Å²) in [7, 11) is 0. The van der Waals surface area contributed by atoms with Gasteiger partial charge in [0, 0.05) is 4.90 Å². The normalized spacial score (nSPS) is 11.7. The van der Waals surface area contributed by atoms with Crippen molar-refractivity contribution in [1.29, 1.82) is 0 Å². The van der Waals surface area contributed by atoms with Gasteiger partial charge in [-0.2, -0.15) is 13.2 Å². The van der Waals surface area contributed by atoms with Crippen molar-refractivity contribution in [2.24, 2.45) is 0 Å². The molecule has 0 atom stereocenters. The fourth-order valence-corrected chi connectivity index (χ4v) is 1.64. The summed E-state index contributed by atoms with van der Waals surface area (Å²) in [6.07, 6.45) is -4.16. The SMILES string of the molecule is Cc1cc(SCC(F)(F)F)ccc1O. The predicted octanol–water partition coefficient (Wildman–Crippen LogP) is 3.36. The second kappa shape index (κ2) is 4.13. The number of alkyl halides is 3. The van der Waals surface area contributed by atoms with Gasteiger partial charge >= 0.3 is 6.18 Å². The van der Waals surface area contributed by atoms with Gasteiger partial charge in [-0.15, -0.1) is 11.8 Å². The van der Waals surface area contributed by atoms with E-state index in [0.717, 1.165) is 0 Å². The molecule has 0 aliphatic rings. The molecule has 0 unspecified atom stereocenters. The lowest BCUT2D eigenvalue weighted by Crippen LogP contribution is -2.10. The lowest BCUT2D eigenvalue weighted by atomic mass is 10.2. The van der Waals surface area contributed by atoms with Crippen LogP contribution in [0.4, 0.5) is 13.2 Å². The van der Waals surface area contributed by atoms with Crippen LogP contribution in [0.25, 0.3) is 0 Å². The highest BCUT2D eigenvalue weighted by Gasteiger charge is 2.27. The van der Waals surface area contributed by atoms with E-state index in [1.54, 1.807) is 6.92 Å². The van der Waals surface area contributed by atoms with Crippen LogP contribution in [0.15, 0.2) is 23.1 Å². The van der Waals surface area contributed by atoms with Gasteiger partial charge in [-0.3, -0.25) is 0 Å². The predicted molar refractivity (Wildman–Crippen MR) is 49.6 cm³/mol. The Hall–Kier alpha value is -0.840. The van der Waals surface area contributed by atoms with Crippen molar-refractivity contribution in [2.75, 3.05) is 5.75 Å². The maximum Gasteiger partial charge on any atom is 0.398 e. The molecule has 14 heavy (non-hydrogen) atoms. The first-order valence-corrected chi connectivity index (χ1v) is 4.86. The molecule has 0 saturated carbocycles. The third-order valence-corrected chi connectivity index (χ3v) is 2.63. The summed E-state index contributed by atoms with van der Waals surface area (Å²) in [6, 6.07) is 4.40. The minimum atomic E-state index is -4.16. The van der Waals surface area contributed by atoms with Crippen LogP contribution >= 0.6 is 11.8 Å². The average Bonchev–Trinajstić information content (AvgIpc) is 2.06. The second-order valence-corrected chi connectivity index (χ2v) is 3.90. The molecule has 0 aromatic heterocycles. The van der Waals surface area contributed by atoms with Crippen LogP contribution in [0.3, 0.4) is 0 Å². The highest BCUT2D eigenvalue weighted by Crippen LogP contribution is 2.29. The van der Waals surface area contributed by atoms with Crippen molar-refractivity contribution in [3.05, 3.63) is 23.8 Å². The number of hydrogen-bond acceptors (Lipinski definition) is 2. The number of halogens is 3. The topological polar surface area (TPSA) is 20.2 Å². The fraction of sp³-hybridized carbons (Fsp3) is 0.333. The first-order valence-electron chi connectivity index (χ1n) is 3.87. The summed E-state index contributed by atoms with van der Waals surface area (Å²) in [5, 5.41) is 9.14. The molecular weight excluding hydrogens is 213 g/mol. The van der Waals surface area contributed by atoms with Crippen LogP contribution in [-0.2, 0) is 0 Å². The first-order chi connectivity index (χ1) is 6.38. The molecule has 1 rings (SSSR count). The van der Waals surface area contributed by atoms with Gasteiger partial charge in [0.15, 0.2) is 0 Å². The molecule has 1 nitrogen and oxygen atoms in total. The molecule has 0 amide bonds. The van der Waals surface area contributed by atoms with Crippen molar-refractivity contribution >= 4 is 11.8 Å². The molecule has 0 radical (unpaired) electrons. The Labute approximate surface area is 83.9 Å². The summed E-state index contributed by atoms with van der Waals surface area (Å²) in [4.78, 5) is 0.512. The molecule has 0 fully saturated rings. The quantitative estimate of drug-likeness (QED) is 0.774. The minimum Gasteiger partial charge on any atom is -0.508 e. The zero-order valence-electron chi connectivity index (χ0n) is 7.43. The van der Waals surface area contributed by atoms with Gasteiger partial charge in [0.2, 0.25) is 0 Å². The number of rotatable bonds is 2. The Morgan fingerprint density at radius 1 is 1.36 bits per heavy atom. The third-order valence-electron chi connectivity index (χ3n) is 1.57. The van der Waals surface area contributed by atoms with E-state index in [1.807, 2.05) is 0 Å². The number of benzene rings is 1. The highest BCUT2D eigenvalue weighted by atomic mass is 32.2. The van der Waals surface area contributed by atoms with Gasteiger partial charge in [0.25, 0.3) is 0 Å². The second-order valence-electron chi connectivity index (χ2n) is 2.85. The van der Waals surface area contributed by atoms with Gasteiger partial charge in [0.1, 0.15) is 5.75 Å². The summed E-state index contributed by atoms with van der Waals surface area (Å²) in [5.41, 5.74) is 0.581. The maximum absolute atomic E-state index is 11.9. The van der Waals surface area contributed by atoms with Crippen LogP contribution in [0, 0.1) is 6.92 Å². The van der Waals surface area contributed by atoms with Crippen molar-refractivity contribution in [2.45, 2.75) is 18.0 Å². The van der Waals surface area contributed by atoms with Crippen LogP contribution in [-0.4, -0.2) is 17.0 Å². The van der Waals surface area contributed by atoms with E-state index < -0.39 is 11.9 Å². The third kappa shape index (κ3) is 3.49. The lowest BCUT2D eigenvalue weighted by Gasteiger charge is -2.06. The van der Waals surface area contributed by atoms with Crippen molar-refractivity contribution in [3.8, 4) is 5.75 Å². The zero-order valence-corrected chi connectivity index (χ0v) is 8.25. The van der Waals surface area contributed by atoms with Crippen molar-refractivity contribution in [3.63, 3.8) is 0 Å². The summed E-state index contributed by atoms with van der Waals surface area (Å²) < 4.78 is 35.6. The molecule has 1 aromatic carbocycles. The molecule has 78 valence electrons. The Kier molecular flexibility index (Phi) is 3.31. The van der Waals surface area contributed by atoms with Crippen LogP contribution < -0.4 is 0 Å². The number of aromatic hydroxyl groups is 1. The summed E-state index contributed by atoms with van der Waals surface area (Å²) >= 11 is 0.714. The molecule has 0 aliphatic carbocycles. The van der Waals surface area contributed by atoms with E-state index in [0.29, 0.717) is 22.2 Å². The van der Waals surface area contributed by atoms with Gasteiger partial charge in [0.05, 0.1) is 5.75 Å². The van der Waals surface area contributed by atoms with Gasteiger partial charge in [-0.05, 0) is 30.7 Å². The van der Waals surface area contributed by atoms with Crippen molar-refractivity contribution in [1.82, 2.24) is 0 Å². The van der Waals surface area contributed by atoms with E-state index in [2.05, 4.69) is 0 Å². The number of thioether (sulfide) groups is 1. The van der Waals surface area contributed by atoms with Crippen LogP contribution in [0.1, 0.15) is 5.56 Å². The molecule has 0 bridgehead atoms. The number of phenolic OH excluding ortho intramolecular Hbond substituents is 1. The molecule has 0 spiro atoms. The molecule has 1 aromatic rings. The maximum atomic E-state index is 11.9. The lowest BCUT2D eigenvalue weighted by molar-refractivity contribution is -0.105. The summed E-state index contributed by atoms with van der Waals surface area (Å²) in [6.45, 7) is 1.65. The minimum absolute atomic E-state index is 0.0985. The Balaban J connectivity index is 2.65.